The van der Waals surface area contributed by atoms with Gasteiger partial charge in [0.1, 0.15) is 17.7 Å². The predicted molar refractivity (Wildman–Crippen MR) is 90.2 cm³/mol. The molecule has 126 valence electrons. The van der Waals surface area contributed by atoms with Crippen LogP contribution >= 0.6 is 0 Å². The topological polar surface area (TPSA) is 51.2 Å². The van der Waals surface area contributed by atoms with Crippen molar-refractivity contribution in [3.8, 4) is 16.9 Å². The van der Waals surface area contributed by atoms with Crippen molar-refractivity contribution in [3.63, 3.8) is 0 Å². The summed E-state index contributed by atoms with van der Waals surface area (Å²) in [4.78, 5) is 15.8. The summed E-state index contributed by atoms with van der Waals surface area (Å²) < 4.78 is 20.1. The lowest BCUT2D eigenvalue weighted by atomic mass is 10.0. The van der Waals surface area contributed by atoms with Gasteiger partial charge in [0, 0.05) is 36.4 Å². The summed E-state index contributed by atoms with van der Waals surface area (Å²) in [5.74, 6) is 0.616. The van der Waals surface area contributed by atoms with Crippen molar-refractivity contribution in [2.75, 3.05) is 6.54 Å². The Morgan fingerprint density at radius 3 is 2.79 bits per heavy atom. The summed E-state index contributed by atoms with van der Waals surface area (Å²) in [6, 6.07) is 6.93. The molecule has 0 radical (unpaired) electrons. The van der Waals surface area contributed by atoms with Gasteiger partial charge in [0.15, 0.2) is 0 Å². The summed E-state index contributed by atoms with van der Waals surface area (Å²) in [5, 5.41) is 2.87. The zero-order valence-electron chi connectivity index (χ0n) is 13.9. The number of aromatic nitrogens is 1. The van der Waals surface area contributed by atoms with Crippen molar-refractivity contribution in [1.29, 1.82) is 0 Å². The summed E-state index contributed by atoms with van der Waals surface area (Å²) in [7, 11) is 0. The molecule has 0 bridgehead atoms. The summed E-state index contributed by atoms with van der Waals surface area (Å²) in [6.45, 7) is 4.38. The van der Waals surface area contributed by atoms with Crippen LogP contribution in [0.25, 0.3) is 11.1 Å². The zero-order chi connectivity index (χ0) is 17.1. The van der Waals surface area contributed by atoms with Gasteiger partial charge in [-0.15, -0.1) is 0 Å². The van der Waals surface area contributed by atoms with Gasteiger partial charge in [-0.3, -0.25) is 9.78 Å². The predicted octanol–water partition coefficient (Wildman–Crippen LogP) is 3.35. The molecule has 1 unspecified atom stereocenters. The molecule has 0 fully saturated rings. The average molecular weight is 328 g/mol. The molecule has 24 heavy (non-hydrogen) atoms. The van der Waals surface area contributed by atoms with Crippen LogP contribution < -0.4 is 10.1 Å². The number of rotatable bonds is 5. The van der Waals surface area contributed by atoms with Gasteiger partial charge in [-0.2, -0.15) is 0 Å². The van der Waals surface area contributed by atoms with Gasteiger partial charge >= 0.3 is 0 Å². The molecule has 3 rings (SSSR count). The second kappa shape index (κ2) is 6.99. The Morgan fingerprint density at radius 2 is 2.08 bits per heavy atom. The van der Waals surface area contributed by atoms with Crippen molar-refractivity contribution in [1.82, 2.24) is 10.3 Å². The number of hydrogen-bond donors (Lipinski definition) is 1. The second-order valence-electron chi connectivity index (χ2n) is 6.48. The first kappa shape index (κ1) is 16.4. The number of ether oxygens (including phenoxy) is 1. The number of halogens is 1. The van der Waals surface area contributed by atoms with Gasteiger partial charge < -0.3 is 10.1 Å². The van der Waals surface area contributed by atoms with Crippen LogP contribution in [-0.4, -0.2) is 23.5 Å². The molecule has 1 amide bonds. The maximum absolute atomic E-state index is 14.2. The van der Waals surface area contributed by atoms with Crippen LogP contribution in [-0.2, 0) is 11.2 Å². The summed E-state index contributed by atoms with van der Waals surface area (Å²) in [6.07, 6.45) is 4.10. The van der Waals surface area contributed by atoms with E-state index in [1.807, 2.05) is 26.0 Å². The van der Waals surface area contributed by atoms with Gasteiger partial charge in [-0.05, 0) is 35.7 Å². The minimum absolute atomic E-state index is 0.000569. The van der Waals surface area contributed by atoms with Crippen LogP contribution in [0.4, 0.5) is 4.39 Å². The maximum Gasteiger partial charge on any atom is 0.220 e. The maximum atomic E-state index is 14.2. The number of amides is 1. The van der Waals surface area contributed by atoms with Gasteiger partial charge in [-0.1, -0.05) is 13.8 Å². The van der Waals surface area contributed by atoms with Crippen LogP contribution in [0.5, 0.6) is 5.75 Å². The highest BCUT2D eigenvalue weighted by Gasteiger charge is 2.29. The molecule has 0 spiro atoms. The Bertz CT molecular complexity index is 732. The molecule has 0 saturated heterocycles. The first-order valence-electron chi connectivity index (χ1n) is 8.19. The Balaban J connectivity index is 1.75. The van der Waals surface area contributed by atoms with E-state index in [1.165, 1.54) is 6.07 Å². The van der Waals surface area contributed by atoms with Crippen LogP contribution in [0.15, 0.2) is 36.7 Å². The van der Waals surface area contributed by atoms with E-state index in [0.29, 0.717) is 36.6 Å². The number of nitrogens with one attached hydrogen (secondary N) is 1. The van der Waals surface area contributed by atoms with Crippen LogP contribution in [0, 0.1) is 11.7 Å². The molecule has 0 saturated carbocycles. The minimum atomic E-state index is -0.265. The zero-order valence-corrected chi connectivity index (χ0v) is 13.9. The Labute approximate surface area is 141 Å². The van der Waals surface area contributed by atoms with E-state index in [-0.39, 0.29) is 17.8 Å². The quantitative estimate of drug-likeness (QED) is 0.916. The largest absolute Gasteiger partial charge is 0.487 e. The van der Waals surface area contributed by atoms with E-state index in [2.05, 4.69) is 10.3 Å². The smallest absolute Gasteiger partial charge is 0.220 e. The normalized spacial score (nSPS) is 15.9. The van der Waals surface area contributed by atoms with Gasteiger partial charge in [0.25, 0.3) is 0 Å². The van der Waals surface area contributed by atoms with E-state index in [0.717, 1.165) is 11.1 Å². The number of carbonyl (C=O) groups excluding carboxylic acids is 1. The third kappa shape index (κ3) is 3.55. The fraction of sp³-hybridized carbons (Fsp3) is 0.368. The van der Waals surface area contributed by atoms with Crippen molar-refractivity contribution in [2.24, 2.45) is 5.92 Å². The lowest BCUT2D eigenvalue weighted by Crippen LogP contribution is -2.34. The molecule has 1 atom stereocenters. The van der Waals surface area contributed by atoms with Crippen molar-refractivity contribution < 1.29 is 13.9 Å². The Kier molecular flexibility index (Phi) is 4.79. The fourth-order valence-corrected chi connectivity index (χ4v) is 2.91. The van der Waals surface area contributed by atoms with E-state index in [9.17, 15) is 9.18 Å². The molecule has 1 aliphatic rings. The Morgan fingerprint density at radius 1 is 1.33 bits per heavy atom. The number of pyridine rings is 1. The van der Waals surface area contributed by atoms with Gasteiger partial charge in [0.05, 0.1) is 6.54 Å². The summed E-state index contributed by atoms with van der Waals surface area (Å²) >= 11 is 0. The third-order valence-corrected chi connectivity index (χ3v) is 4.03. The third-order valence-electron chi connectivity index (χ3n) is 4.03. The van der Waals surface area contributed by atoms with E-state index < -0.39 is 0 Å². The van der Waals surface area contributed by atoms with E-state index >= 15 is 0 Å². The SMILES string of the molecule is CC(C)CC(=O)NCC1Cc2c(F)ccc(-c3ccncc3)c2O1. The van der Waals surface area contributed by atoms with Crippen molar-refractivity contribution in [2.45, 2.75) is 32.8 Å². The monoisotopic (exact) mass is 328 g/mol. The van der Waals surface area contributed by atoms with E-state index in [1.54, 1.807) is 18.5 Å². The molecule has 4 nitrogen and oxygen atoms in total. The number of hydrogen-bond acceptors (Lipinski definition) is 3. The van der Waals surface area contributed by atoms with Crippen molar-refractivity contribution in [3.05, 3.63) is 48.0 Å². The highest BCUT2D eigenvalue weighted by atomic mass is 19.1. The number of carbonyl (C=O) groups is 1. The summed E-state index contributed by atoms with van der Waals surface area (Å²) in [5.41, 5.74) is 2.36. The fourth-order valence-electron chi connectivity index (χ4n) is 2.91. The molecule has 0 aliphatic carbocycles. The lowest BCUT2D eigenvalue weighted by Gasteiger charge is -2.14. The molecular weight excluding hydrogens is 307 g/mol. The molecule has 2 aromatic rings. The van der Waals surface area contributed by atoms with E-state index in [4.69, 9.17) is 4.74 Å². The molecule has 2 heterocycles. The highest BCUT2D eigenvalue weighted by Crippen LogP contribution is 2.39. The Hall–Kier alpha value is -2.43. The first-order valence-corrected chi connectivity index (χ1v) is 8.19. The van der Waals surface area contributed by atoms with Gasteiger partial charge in [-0.25, -0.2) is 4.39 Å². The molecule has 1 N–H and O–H groups in total. The second-order valence-corrected chi connectivity index (χ2v) is 6.48. The first-order chi connectivity index (χ1) is 11.5. The average Bonchev–Trinajstić information content (AvgIpc) is 2.98. The van der Waals surface area contributed by atoms with Crippen molar-refractivity contribution >= 4 is 5.91 Å². The molecule has 1 aliphatic heterocycles. The van der Waals surface area contributed by atoms with Crippen LogP contribution in [0.2, 0.25) is 0 Å². The number of fused-ring (bicyclic) bond motifs is 1. The molecule has 1 aromatic heterocycles. The number of nitrogens with zero attached hydrogens (tertiary/aromatic N) is 1. The van der Waals surface area contributed by atoms with Crippen LogP contribution in [0.3, 0.4) is 0 Å². The highest BCUT2D eigenvalue weighted by molar-refractivity contribution is 5.76. The minimum Gasteiger partial charge on any atom is -0.487 e. The standard InChI is InChI=1S/C19H21FN2O2/c1-12(2)9-18(23)22-11-14-10-16-17(20)4-3-15(19(16)24-14)13-5-7-21-8-6-13/h3-8,12,14H,9-11H2,1-2H3,(H,22,23). The molecule has 5 heteroatoms. The molecule has 1 aromatic carbocycles. The number of benzene rings is 1. The molecular formula is C19H21FN2O2. The lowest BCUT2D eigenvalue weighted by molar-refractivity contribution is -0.122. The van der Waals surface area contributed by atoms with Crippen LogP contribution in [0.1, 0.15) is 25.8 Å². The van der Waals surface area contributed by atoms with Gasteiger partial charge in [0.2, 0.25) is 5.91 Å².